The second-order valence-corrected chi connectivity index (χ2v) is 5.17. The van der Waals surface area contributed by atoms with E-state index in [0.29, 0.717) is 25.5 Å². The lowest BCUT2D eigenvalue weighted by molar-refractivity contribution is -0.136. The molecule has 1 aliphatic rings. The molecule has 0 radical (unpaired) electrons. The highest BCUT2D eigenvalue weighted by Crippen LogP contribution is 2.14. The van der Waals surface area contributed by atoms with Crippen LogP contribution in [-0.2, 0) is 14.4 Å². The first-order valence-corrected chi connectivity index (χ1v) is 7.29. The monoisotopic (exact) mass is 325 g/mol. The van der Waals surface area contributed by atoms with Gasteiger partial charge in [-0.3, -0.25) is 14.4 Å². The predicted molar refractivity (Wildman–Crippen MR) is 78.4 cm³/mol. The fraction of sp³-hybridized carbons (Fsp3) is 0.400. The first kappa shape index (κ1) is 16.9. The summed E-state index contributed by atoms with van der Waals surface area (Å²) in [5.74, 6) is -3.59. The van der Waals surface area contributed by atoms with Crippen LogP contribution >= 0.6 is 0 Å². The van der Waals surface area contributed by atoms with Crippen molar-refractivity contribution in [1.82, 2.24) is 10.2 Å². The molecule has 1 aromatic rings. The van der Waals surface area contributed by atoms with E-state index in [-0.39, 0.29) is 18.1 Å². The van der Waals surface area contributed by atoms with Crippen LogP contribution in [0.25, 0.3) is 0 Å². The smallest absolute Gasteiger partial charge is 0.313 e. The minimum Gasteiger partial charge on any atom is -0.348 e. The highest BCUT2D eigenvalue weighted by molar-refractivity contribution is 6.39. The summed E-state index contributed by atoms with van der Waals surface area (Å²) in [5.41, 5.74) is -0.269. The number of rotatable bonds is 5. The molecule has 3 amide bonds. The molecule has 8 heteroatoms. The Hall–Kier alpha value is -2.51. The first-order valence-electron chi connectivity index (χ1n) is 7.29. The number of nitrogens with one attached hydrogen (secondary N) is 2. The summed E-state index contributed by atoms with van der Waals surface area (Å²) in [5, 5.41) is 4.46. The average molecular weight is 325 g/mol. The molecule has 23 heavy (non-hydrogen) atoms. The van der Waals surface area contributed by atoms with Crippen LogP contribution in [0.3, 0.4) is 0 Å². The lowest BCUT2D eigenvalue weighted by Crippen LogP contribution is -2.37. The number of halogens is 2. The summed E-state index contributed by atoms with van der Waals surface area (Å²) in [7, 11) is 0. The summed E-state index contributed by atoms with van der Waals surface area (Å²) >= 11 is 0. The zero-order valence-electron chi connectivity index (χ0n) is 12.4. The van der Waals surface area contributed by atoms with E-state index in [9.17, 15) is 23.2 Å². The molecule has 1 heterocycles. The topological polar surface area (TPSA) is 78.5 Å². The van der Waals surface area contributed by atoms with Gasteiger partial charge in [0.05, 0.1) is 5.69 Å². The Morgan fingerprint density at radius 3 is 2.65 bits per heavy atom. The van der Waals surface area contributed by atoms with Crippen molar-refractivity contribution < 1.29 is 23.2 Å². The minimum atomic E-state index is -1.03. The molecule has 1 saturated heterocycles. The highest BCUT2D eigenvalue weighted by Gasteiger charge is 2.20. The lowest BCUT2D eigenvalue weighted by atomic mass is 10.3. The van der Waals surface area contributed by atoms with E-state index >= 15 is 0 Å². The maximum Gasteiger partial charge on any atom is 0.313 e. The Morgan fingerprint density at radius 1 is 1.22 bits per heavy atom. The Kier molecular flexibility index (Phi) is 5.61. The van der Waals surface area contributed by atoms with Gasteiger partial charge in [-0.15, -0.1) is 0 Å². The normalized spacial score (nSPS) is 14.0. The van der Waals surface area contributed by atoms with Gasteiger partial charge in [0.15, 0.2) is 0 Å². The van der Waals surface area contributed by atoms with Crippen molar-refractivity contribution in [2.45, 2.75) is 19.3 Å². The number of carbonyl (C=O) groups is 3. The number of nitrogens with zero attached hydrogens (tertiary/aromatic N) is 1. The number of benzene rings is 1. The van der Waals surface area contributed by atoms with Gasteiger partial charge in [0.25, 0.3) is 0 Å². The Balaban J connectivity index is 1.72. The van der Waals surface area contributed by atoms with E-state index in [0.717, 1.165) is 25.1 Å². The third-order valence-corrected chi connectivity index (χ3v) is 3.45. The van der Waals surface area contributed by atoms with Gasteiger partial charge in [-0.05, 0) is 25.0 Å². The number of hydrogen-bond acceptors (Lipinski definition) is 3. The van der Waals surface area contributed by atoms with Crippen molar-refractivity contribution in [2.75, 3.05) is 25.0 Å². The number of hydrogen-bond donors (Lipinski definition) is 2. The number of amides is 3. The van der Waals surface area contributed by atoms with Gasteiger partial charge in [-0.1, -0.05) is 0 Å². The van der Waals surface area contributed by atoms with Crippen LogP contribution in [-0.4, -0.2) is 42.3 Å². The molecular weight excluding hydrogens is 308 g/mol. The molecule has 1 aliphatic heterocycles. The molecule has 0 atom stereocenters. The molecule has 2 rings (SSSR count). The van der Waals surface area contributed by atoms with E-state index in [1.54, 1.807) is 4.90 Å². The molecule has 0 saturated carbocycles. The molecular formula is C15H17F2N3O3. The van der Waals surface area contributed by atoms with Crippen LogP contribution in [0.5, 0.6) is 0 Å². The molecule has 0 spiro atoms. The maximum atomic E-state index is 13.4. The van der Waals surface area contributed by atoms with Gasteiger partial charge in [-0.25, -0.2) is 8.78 Å². The average Bonchev–Trinajstić information content (AvgIpc) is 2.91. The number of carbonyl (C=O) groups excluding carboxylic acids is 3. The van der Waals surface area contributed by atoms with Crippen LogP contribution in [0.4, 0.5) is 14.5 Å². The predicted octanol–water partition coefficient (Wildman–Crippen LogP) is 1.03. The van der Waals surface area contributed by atoms with Crippen molar-refractivity contribution >= 4 is 23.4 Å². The SMILES string of the molecule is O=C(NCCCN1CCCC1=O)C(=O)Nc1ccc(F)cc1F. The van der Waals surface area contributed by atoms with Crippen molar-refractivity contribution in [1.29, 1.82) is 0 Å². The summed E-state index contributed by atoms with van der Waals surface area (Å²) < 4.78 is 26.1. The fourth-order valence-electron chi connectivity index (χ4n) is 2.26. The Bertz CT molecular complexity index is 622. The van der Waals surface area contributed by atoms with Gasteiger partial charge in [0.2, 0.25) is 5.91 Å². The third-order valence-electron chi connectivity index (χ3n) is 3.45. The first-order chi connectivity index (χ1) is 11.0. The number of likely N-dealkylation sites (tertiary alicyclic amines) is 1. The van der Waals surface area contributed by atoms with E-state index in [1.165, 1.54) is 0 Å². The van der Waals surface area contributed by atoms with Gasteiger partial charge in [0, 0.05) is 32.1 Å². The van der Waals surface area contributed by atoms with Crippen LogP contribution in [0, 0.1) is 11.6 Å². The number of anilines is 1. The zero-order chi connectivity index (χ0) is 16.8. The zero-order valence-corrected chi connectivity index (χ0v) is 12.4. The third kappa shape index (κ3) is 4.73. The fourth-order valence-corrected chi connectivity index (χ4v) is 2.26. The van der Waals surface area contributed by atoms with Gasteiger partial charge in [-0.2, -0.15) is 0 Å². The van der Waals surface area contributed by atoms with Crippen molar-refractivity contribution in [2.24, 2.45) is 0 Å². The standard InChI is InChI=1S/C15H17F2N3O3/c16-10-4-5-12(11(17)9-10)19-15(23)14(22)18-6-2-8-20-7-1-3-13(20)21/h4-5,9H,1-3,6-8H2,(H,18,22)(H,19,23). The van der Waals surface area contributed by atoms with Crippen LogP contribution in [0.15, 0.2) is 18.2 Å². The van der Waals surface area contributed by atoms with Crippen LogP contribution < -0.4 is 10.6 Å². The van der Waals surface area contributed by atoms with Gasteiger partial charge < -0.3 is 15.5 Å². The van der Waals surface area contributed by atoms with E-state index in [4.69, 9.17) is 0 Å². The molecule has 0 aromatic heterocycles. The maximum absolute atomic E-state index is 13.4. The summed E-state index contributed by atoms with van der Waals surface area (Å²) in [6.07, 6.45) is 1.92. The second kappa shape index (κ2) is 7.66. The van der Waals surface area contributed by atoms with Gasteiger partial charge in [0.1, 0.15) is 11.6 Å². The Morgan fingerprint density at radius 2 is 2.00 bits per heavy atom. The second-order valence-electron chi connectivity index (χ2n) is 5.17. The molecule has 0 aliphatic carbocycles. The molecule has 1 aromatic carbocycles. The van der Waals surface area contributed by atoms with E-state index < -0.39 is 23.4 Å². The summed E-state index contributed by atoms with van der Waals surface area (Å²) in [4.78, 5) is 36.3. The van der Waals surface area contributed by atoms with Crippen LogP contribution in [0.1, 0.15) is 19.3 Å². The molecule has 6 nitrogen and oxygen atoms in total. The molecule has 0 bridgehead atoms. The largest absolute Gasteiger partial charge is 0.348 e. The van der Waals surface area contributed by atoms with E-state index in [1.807, 2.05) is 0 Å². The van der Waals surface area contributed by atoms with Crippen molar-refractivity contribution in [3.05, 3.63) is 29.8 Å². The molecule has 2 N–H and O–H groups in total. The summed E-state index contributed by atoms with van der Waals surface area (Å²) in [6.45, 7) is 1.46. The lowest BCUT2D eigenvalue weighted by Gasteiger charge is -2.15. The quantitative estimate of drug-likeness (QED) is 0.627. The molecule has 0 unspecified atom stereocenters. The summed E-state index contributed by atoms with van der Waals surface area (Å²) in [6, 6.07) is 2.62. The van der Waals surface area contributed by atoms with Gasteiger partial charge >= 0.3 is 11.8 Å². The Labute approximate surface area is 131 Å². The highest BCUT2D eigenvalue weighted by atomic mass is 19.1. The van der Waals surface area contributed by atoms with E-state index in [2.05, 4.69) is 10.6 Å². The van der Waals surface area contributed by atoms with Crippen molar-refractivity contribution in [3.8, 4) is 0 Å². The molecule has 124 valence electrons. The minimum absolute atomic E-state index is 0.0980. The molecule has 1 fully saturated rings. The van der Waals surface area contributed by atoms with Crippen LogP contribution in [0.2, 0.25) is 0 Å². The van der Waals surface area contributed by atoms with Crippen molar-refractivity contribution in [3.63, 3.8) is 0 Å².